The van der Waals surface area contributed by atoms with Crippen molar-refractivity contribution in [3.05, 3.63) is 71.1 Å². The van der Waals surface area contributed by atoms with Crippen LogP contribution in [0.15, 0.2) is 54.4 Å². The van der Waals surface area contributed by atoms with E-state index in [0.29, 0.717) is 17.8 Å². The first-order valence-electron chi connectivity index (χ1n) is 13.1. The van der Waals surface area contributed by atoms with Gasteiger partial charge in [0, 0.05) is 16.1 Å². The molecule has 0 atom stereocenters. The summed E-state index contributed by atoms with van der Waals surface area (Å²) in [6, 6.07) is 6.50. The zero-order valence-electron chi connectivity index (χ0n) is 28.8. The van der Waals surface area contributed by atoms with Crippen molar-refractivity contribution >= 4 is 0 Å². The average Bonchev–Trinajstić information content (AvgIpc) is 2.89. The van der Waals surface area contributed by atoms with Gasteiger partial charge in [-0.3, -0.25) is 4.70 Å². The third kappa shape index (κ3) is 40.6. The molecule has 1 aromatic rings. The van der Waals surface area contributed by atoms with E-state index in [2.05, 4.69) is 64.8 Å². The van der Waals surface area contributed by atoms with Crippen LogP contribution in [0, 0.1) is 26.2 Å². The van der Waals surface area contributed by atoms with Gasteiger partial charge in [0.05, 0.1) is 5.60 Å². The molecule has 0 radical (unpaired) electrons. The minimum absolute atomic E-state index is 0. The highest BCUT2D eigenvalue weighted by Gasteiger charge is 2.19. The molecule has 8 heteroatoms. The third-order valence-corrected chi connectivity index (χ3v) is 5.07. The van der Waals surface area contributed by atoms with Gasteiger partial charge >= 0.3 is 0 Å². The Hall–Kier alpha value is -1.94. The molecule has 40 heavy (non-hydrogen) atoms. The summed E-state index contributed by atoms with van der Waals surface area (Å²) in [6.45, 7) is 33.0. The van der Waals surface area contributed by atoms with Crippen molar-refractivity contribution < 1.29 is 32.7 Å². The topological polar surface area (TPSA) is 153 Å². The molecule has 10 N–H and O–H groups in total. The molecule has 1 rings (SSSR count). The summed E-state index contributed by atoms with van der Waals surface area (Å²) in [5.74, 6) is -0.315. The van der Waals surface area contributed by atoms with Gasteiger partial charge in [-0.25, -0.2) is 4.39 Å². The Morgan fingerprint density at radius 3 is 1.50 bits per heavy atom. The summed E-state index contributed by atoms with van der Waals surface area (Å²) < 4.78 is 13.3. The molecule has 6 nitrogen and oxygen atoms in total. The normalized spacial score (nSPS) is 9.95. The second-order valence-electron chi connectivity index (χ2n) is 9.05. The van der Waals surface area contributed by atoms with E-state index in [-0.39, 0.29) is 37.0 Å². The molecule has 0 unspecified atom stereocenters. The Kier molecular flexibility index (Phi) is 60.7. The lowest BCUT2D eigenvalue weighted by atomic mass is 9.92. The van der Waals surface area contributed by atoms with Gasteiger partial charge in [-0.05, 0) is 103 Å². The fourth-order valence-corrected chi connectivity index (χ4v) is 1.69. The van der Waals surface area contributed by atoms with Crippen LogP contribution in [0.3, 0.4) is 0 Å². The number of aliphatic hydroxyl groups excluding tert-OH is 2. The number of hydrogen-bond donors (Lipinski definition) is 5. The highest BCUT2D eigenvalue weighted by Crippen LogP contribution is 2.24. The van der Waals surface area contributed by atoms with E-state index < -0.39 is 5.60 Å². The first kappa shape index (κ1) is 61.9. The molecule has 250 valence electrons. The number of allylic oxidation sites excluding steroid dienone is 3. The summed E-state index contributed by atoms with van der Waals surface area (Å²) >= 11 is 0. The van der Waals surface area contributed by atoms with Crippen molar-refractivity contribution in [2.24, 2.45) is 11.1 Å². The SMILES string of the molecule is C/C=C(C)\C(F)=C(/C)C(C)(C)O.C=C.CC.CCC(C)(C)CO.CCO.CN.Cc1ccc(C)c(C)c1.F.N.O.[HH].[HH]. The molecule has 0 amide bonds. The number of rotatable bonds is 4. The molecule has 0 aliphatic carbocycles. The van der Waals surface area contributed by atoms with Crippen molar-refractivity contribution in [1.29, 1.82) is 0 Å². The minimum atomic E-state index is -1.08. The fraction of sp³-hybridized carbons (Fsp3) is 0.625. The summed E-state index contributed by atoms with van der Waals surface area (Å²) in [6.07, 6.45) is 2.73. The zero-order valence-corrected chi connectivity index (χ0v) is 28.8. The van der Waals surface area contributed by atoms with Crippen LogP contribution in [-0.2, 0) is 0 Å². The Bertz CT molecular complexity index is 706. The van der Waals surface area contributed by atoms with Crippen LogP contribution < -0.4 is 11.9 Å². The Morgan fingerprint density at radius 2 is 1.32 bits per heavy atom. The van der Waals surface area contributed by atoms with Crippen molar-refractivity contribution in [2.45, 2.75) is 109 Å². The molecule has 1 aromatic carbocycles. The van der Waals surface area contributed by atoms with Gasteiger partial charge in [0.2, 0.25) is 0 Å². The number of halogens is 2. The van der Waals surface area contributed by atoms with Crippen molar-refractivity contribution in [3.8, 4) is 0 Å². The van der Waals surface area contributed by atoms with Crippen molar-refractivity contribution in [3.63, 3.8) is 0 Å². The van der Waals surface area contributed by atoms with Crippen LogP contribution in [-0.4, -0.2) is 46.7 Å². The average molecular weight is 589 g/mol. The maximum atomic E-state index is 13.3. The zero-order chi connectivity index (χ0) is 31.4. The summed E-state index contributed by atoms with van der Waals surface area (Å²) in [7, 11) is 1.50. The van der Waals surface area contributed by atoms with E-state index in [4.69, 9.17) is 10.2 Å². The number of nitrogens with two attached hydrogens (primary N) is 1. The molecule has 0 aliphatic heterocycles. The molecule has 0 heterocycles. The van der Waals surface area contributed by atoms with Crippen molar-refractivity contribution in [2.75, 3.05) is 20.3 Å². The molecule has 0 bridgehead atoms. The standard InChI is InChI=1S/C10H17FO.C9H12.C6H14O.C2H6O.C2H6.C2H4.CH5N.FH.H3N.H2O.2H2/c1-6-7(2)9(11)8(3)10(4,5)12;1-7-4-5-8(2)9(3)6-7;1-4-6(2,3)5-7;1-2-3;3*1-2;;;;;/h6,12H,1-5H3;4-6H,1-3H3;7H,4-5H2,1-3H3;3H,2H2,1H3;1-2H3;1-2H2;2H2,1H3;1H;1H3;1H2;2*1H/b7-6-,9-8-;;;;;;;;;;;. The third-order valence-electron chi connectivity index (χ3n) is 5.07. The number of benzene rings is 1. The first-order valence-corrected chi connectivity index (χ1v) is 13.1. The highest BCUT2D eigenvalue weighted by atomic mass is 19.1. The molecular weight excluding hydrogens is 514 g/mol. The van der Waals surface area contributed by atoms with Gasteiger partial charge in [0.25, 0.3) is 0 Å². The maximum absolute atomic E-state index is 13.3. The van der Waals surface area contributed by atoms with Gasteiger partial charge < -0.3 is 32.7 Å². The van der Waals surface area contributed by atoms with Gasteiger partial charge in [0.15, 0.2) is 0 Å². The fourth-order valence-electron chi connectivity index (χ4n) is 1.69. The predicted octanol–water partition coefficient (Wildman–Crippen LogP) is 8.38. The second kappa shape index (κ2) is 39.2. The number of hydrogen-bond acceptors (Lipinski definition) is 5. The maximum Gasteiger partial charge on any atom is 0.127 e. The lowest BCUT2D eigenvalue weighted by Crippen LogP contribution is -2.21. The molecule has 0 fully saturated rings. The van der Waals surface area contributed by atoms with E-state index >= 15 is 0 Å². The van der Waals surface area contributed by atoms with Crippen molar-refractivity contribution in [1.82, 2.24) is 6.15 Å². The van der Waals surface area contributed by atoms with Gasteiger partial charge in [0.1, 0.15) is 5.83 Å². The summed E-state index contributed by atoms with van der Waals surface area (Å²) in [5.41, 5.74) is 8.61. The monoisotopic (exact) mass is 589 g/mol. The Balaban J connectivity index is -0.0000000323. The molecule has 0 saturated heterocycles. The van der Waals surface area contributed by atoms with Crippen LogP contribution in [0.25, 0.3) is 0 Å². The van der Waals surface area contributed by atoms with E-state index in [1.54, 1.807) is 47.6 Å². The second-order valence-corrected chi connectivity index (χ2v) is 9.05. The summed E-state index contributed by atoms with van der Waals surface area (Å²) in [4.78, 5) is 0. The molecule has 0 spiro atoms. The lowest BCUT2D eigenvalue weighted by Gasteiger charge is -2.19. The highest BCUT2D eigenvalue weighted by molar-refractivity contribution is 5.31. The van der Waals surface area contributed by atoms with Crippen LogP contribution >= 0.6 is 0 Å². The predicted molar refractivity (Wildman–Crippen MR) is 182 cm³/mol. The molecule has 0 aromatic heterocycles. The lowest BCUT2D eigenvalue weighted by molar-refractivity contribution is 0.117. The smallest absolute Gasteiger partial charge is 0.127 e. The largest absolute Gasteiger partial charge is 0.412 e. The van der Waals surface area contributed by atoms with Crippen LogP contribution in [0.5, 0.6) is 0 Å². The Morgan fingerprint density at radius 1 is 0.975 bits per heavy atom. The molecular formula is C32H74F2N2O4. The Labute approximate surface area is 250 Å². The van der Waals surface area contributed by atoms with Crippen LogP contribution in [0.2, 0.25) is 0 Å². The summed E-state index contributed by atoms with van der Waals surface area (Å²) in [5, 5.41) is 25.6. The number of aliphatic hydroxyl groups is 3. The van der Waals surface area contributed by atoms with Gasteiger partial charge in [-0.2, -0.15) is 0 Å². The van der Waals surface area contributed by atoms with Crippen LogP contribution in [0.1, 0.15) is 102 Å². The van der Waals surface area contributed by atoms with Gasteiger partial charge in [-0.15, -0.1) is 13.2 Å². The van der Waals surface area contributed by atoms with E-state index in [0.717, 1.165) is 6.42 Å². The molecule has 0 saturated carbocycles. The van der Waals surface area contributed by atoms with E-state index in [1.807, 2.05) is 27.7 Å². The van der Waals surface area contributed by atoms with E-state index in [9.17, 15) is 9.50 Å². The number of aryl methyl sites for hydroxylation is 3. The van der Waals surface area contributed by atoms with Crippen LogP contribution in [0.4, 0.5) is 9.09 Å². The minimum Gasteiger partial charge on any atom is -0.412 e. The first-order chi connectivity index (χ1) is 17.0. The van der Waals surface area contributed by atoms with Gasteiger partial charge in [-0.1, -0.05) is 64.5 Å². The quantitative estimate of drug-likeness (QED) is 0.177. The van der Waals surface area contributed by atoms with E-state index in [1.165, 1.54) is 23.7 Å². The molecule has 0 aliphatic rings.